The van der Waals surface area contributed by atoms with Crippen molar-refractivity contribution < 1.29 is 14.3 Å². The smallest absolute Gasteiger partial charge is 0.328 e. The van der Waals surface area contributed by atoms with E-state index in [1.54, 1.807) is 42.3 Å². The van der Waals surface area contributed by atoms with Crippen LogP contribution in [-0.2, 0) is 11.8 Å². The summed E-state index contributed by atoms with van der Waals surface area (Å²) in [6, 6.07) is 5.03. The molecule has 6 heteroatoms. The summed E-state index contributed by atoms with van der Waals surface area (Å²) in [5.41, 5.74) is 2.46. The number of aryl methyl sites for hydroxylation is 1. The molecule has 0 unspecified atom stereocenters. The molecule has 0 aliphatic heterocycles. The maximum atomic E-state index is 14.8. The van der Waals surface area contributed by atoms with Crippen molar-refractivity contribution in [1.82, 2.24) is 14.5 Å². The normalized spacial score (nSPS) is 11.4. The SMILES string of the molecule is Cn1cnc2ccc(-c3ccncc3C=CC(=O)O)c(F)c21. The van der Waals surface area contributed by atoms with E-state index in [1.807, 2.05) is 0 Å². The third-order valence-electron chi connectivity index (χ3n) is 3.37. The lowest BCUT2D eigenvalue weighted by molar-refractivity contribution is -0.131. The van der Waals surface area contributed by atoms with Gasteiger partial charge in [0.2, 0.25) is 0 Å². The molecule has 110 valence electrons. The minimum Gasteiger partial charge on any atom is -0.478 e. The zero-order valence-electron chi connectivity index (χ0n) is 11.7. The van der Waals surface area contributed by atoms with Crippen LogP contribution in [-0.4, -0.2) is 25.6 Å². The molecular formula is C16H12FN3O2. The molecule has 0 amide bonds. The van der Waals surface area contributed by atoms with Crippen molar-refractivity contribution in [3.05, 3.63) is 54.4 Å². The van der Waals surface area contributed by atoms with Crippen molar-refractivity contribution in [1.29, 1.82) is 0 Å². The number of halogens is 1. The third-order valence-corrected chi connectivity index (χ3v) is 3.37. The van der Waals surface area contributed by atoms with Gasteiger partial charge in [-0.2, -0.15) is 0 Å². The quantitative estimate of drug-likeness (QED) is 0.755. The van der Waals surface area contributed by atoms with Crippen LogP contribution in [0.1, 0.15) is 5.56 Å². The van der Waals surface area contributed by atoms with E-state index in [0.29, 0.717) is 27.7 Å². The summed E-state index contributed by atoms with van der Waals surface area (Å²) >= 11 is 0. The second kappa shape index (κ2) is 5.40. The predicted molar refractivity (Wildman–Crippen MR) is 80.6 cm³/mol. The molecular weight excluding hydrogens is 285 g/mol. The molecule has 0 fully saturated rings. The Balaban J connectivity index is 2.22. The molecule has 0 spiro atoms. The third kappa shape index (κ3) is 2.35. The number of carboxylic acid groups (broad SMARTS) is 1. The van der Waals surface area contributed by atoms with Gasteiger partial charge in [0.05, 0.1) is 11.8 Å². The minimum absolute atomic E-state index is 0.378. The lowest BCUT2D eigenvalue weighted by Gasteiger charge is -2.08. The molecule has 0 aliphatic carbocycles. The lowest BCUT2D eigenvalue weighted by atomic mass is 10.00. The second-order valence-corrected chi connectivity index (χ2v) is 4.78. The molecule has 22 heavy (non-hydrogen) atoms. The zero-order valence-corrected chi connectivity index (χ0v) is 11.7. The van der Waals surface area contributed by atoms with E-state index in [1.165, 1.54) is 12.3 Å². The van der Waals surface area contributed by atoms with Gasteiger partial charge in [-0.15, -0.1) is 0 Å². The van der Waals surface area contributed by atoms with Gasteiger partial charge in [0.25, 0.3) is 0 Å². The minimum atomic E-state index is -1.07. The number of fused-ring (bicyclic) bond motifs is 1. The maximum absolute atomic E-state index is 14.8. The van der Waals surface area contributed by atoms with Crippen molar-refractivity contribution in [2.75, 3.05) is 0 Å². The van der Waals surface area contributed by atoms with Gasteiger partial charge in [-0.25, -0.2) is 14.2 Å². The summed E-state index contributed by atoms with van der Waals surface area (Å²) < 4.78 is 16.4. The van der Waals surface area contributed by atoms with Gasteiger partial charge in [-0.1, -0.05) is 0 Å². The number of nitrogens with zero attached hydrogens (tertiary/aromatic N) is 3. The molecule has 2 aromatic heterocycles. The molecule has 5 nitrogen and oxygen atoms in total. The monoisotopic (exact) mass is 297 g/mol. The average molecular weight is 297 g/mol. The van der Waals surface area contributed by atoms with Crippen LogP contribution in [0.5, 0.6) is 0 Å². The van der Waals surface area contributed by atoms with Crippen LogP contribution in [0.15, 0.2) is 43.0 Å². The summed E-state index contributed by atoms with van der Waals surface area (Å²) in [5, 5.41) is 8.75. The van der Waals surface area contributed by atoms with E-state index in [9.17, 15) is 9.18 Å². The van der Waals surface area contributed by atoms with E-state index in [2.05, 4.69) is 9.97 Å². The Morgan fingerprint density at radius 2 is 2.14 bits per heavy atom. The second-order valence-electron chi connectivity index (χ2n) is 4.78. The standard InChI is InChI=1S/C16H12FN3O2/c1-20-9-19-13-4-3-12(15(17)16(13)20)11-6-7-18-8-10(11)2-5-14(21)22/h2-9H,1H3,(H,21,22). The number of pyridine rings is 1. The van der Waals surface area contributed by atoms with E-state index >= 15 is 0 Å². The molecule has 3 aromatic rings. The number of aliphatic carboxylic acids is 1. The molecule has 0 aliphatic rings. The first kappa shape index (κ1) is 13.9. The van der Waals surface area contributed by atoms with Gasteiger partial charge < -0.3 is 9.67 Å². The van der Waals surface area contributed by atoms with Gasteiger partial charge in [-0.3, -0.25) is 4.98 Å². The maximum Gasteiger partial charge on any atom is 0.328 e. The molecule has 1 aromatic carbocycles. The average Bonchev–Trinajstić information content (AvgIpc) is 2.88. The summed E-state index contributed by atoms with van der Waals surface area (Å²) in [5.74, 6) is -1.47. The fraction of sp³-hybridized carbons (Fsp3) is 0.0625. The Kier molecular flexibility index (Phi) is 3.42. The van der Waals surface area contributed by atoms with Crippen molar-refractivity contribution >= 4 is 23.1 Å². The van der Waals surface area contributed by atoms with Gasteiger partial charge in [-0.05, 0) is 29.8 Å². The van der Waals surface area contributed by atoms with Crippen molar-refractivity contribution in [3.63, 3.8) is 0 Å². The van der Waals surface area contributed by atoms with Gasteiger partial charge in [0.1, 0.15) is 5.52 Å². The van der Waals surface area contributed by atoms with Gasteiger partial charge in [0, 0.05) is 36.6 Å². The van der Waals surface area contributed by atoms with Gasteiger partial charge in [0.15, 0.2) is 5.82 Å². The van der Waals surface area contributed by atoms with Gasteiger partial charge >= 0.3 is 5.97 Å². The fourth-order valence-electron chi connectivity index (χ4n) is 2.35. The molecule has 0 radical (unpaired) electrons. The zero-order chi connectivity index (χ0) is 15.7. The van der Waals surface area contributed by atoms with Crippen molar-refractivity contribution in [2.45, 2.75) is 0 Å². The molecule has 0 bridgehead atoms. The Hall–Kier alpha value is -3.02. The number of hydrogen-bond acceptors (Lipinski definition) is 3. The highest BCUT2D eigenvalue weighted by Gasteiger charge is 2.14. The molecule has 3 rings (SSSR count). The highest BCUT2D eigenvalue weighted by atomic mass is 19.1. The van der Waals surface area contributed by atoms with E-state index in [0.717, 1.165) is 6.08 Å². The summed E-state index contributed by atoms with van der Waals surface area (Å²) in [7, 11) is 1.72. The first-order valence-corrected chi connectivity index (χ1v) is 6.53. The van der Waals surface area contributed by atoms with Crippen LogP contribution in [0.3, 0.4) is 0 Å². The number of rotatable bonds is 3. The first-order chi connectivity index (χ1) is 10.6. The summed E-state index contributed by atoms with van der Waals surface area (Å²) in [6.45, 7) is 0. The predicted octanol–water partition coefficient (Wildman–Crippen LogP) is 2.87. The van der Waals surface area contributed by atoms with Crippen LogP contribution in [0.25, 0.3) is 28.2 Å². The van der Waals surface area contributed by atoms with E-state index in [4.69, 9.17) is 5.11 Å². The Morgan fingerprint density at radius 3 is 2.91 bits per heavy atom. The van der Waals surface area contributed by atoms with Crippen LogP contribution in [0.2, 0.25) is 0 Å². The fourth-order valence-corrected chi connectivity index (χ4v) is 2.35. The topological polar surface area (TPSA) is 68.0 Å². The number of imidazole rings is 1. The molecule has 0 atom stereocenters. The van der Waals surface area contributed by atoms with Crippen LogP contribution >= 0.6 is 0 Å². The van der Waals surface area contributed by atoms with Crippen LogP contribution < -0.4 is 0 Å². The number of benzene rings is 1. The number of carboxylic acids is 1. The highest BCUT2D eigenvalue weighted by molar-refractivity contribution is 5.89. The summed E-state index contributed by atoms with van der Waals surface area (Å²) in [4.78, 5) is 18.8. The van der Waals surface area contributed by atoms with Crippen LogP contribution in [0.4, 0.5) is 4.39 Å². The number of hydrogen-bond donors (Lipinski definition) is 1. The molecule has 0 saturated carbocycles. The Morgan fingerprint density at radius 1 is 1.32 bits per heavy atom. The Bertz CT molecular complexity index is 900. The highest BCUT2D eigenvalue weighted by Crippen LogP contribution is 2.30. The Labute approximate surface area is 125 Å². The van der Waals surface area contributed by atoms with E-state index in [-0.39, 0.29) is 0 Å². The molecule has 1 N–H and O–H groups in total. The molecule has 0 saturated heterocycles. The number of aromatic nitrogens is 3. The number of carbonyl (C=O) groups is 1. The first-order valence-electron chi connectivity index (χ1n) is 6.53. The van der Waals surface area contributed by atoms with Crippen LogP contribution in [0, 0.1) is 5.82 Å². The molecule has 2 heterocycles. The van der Waals surface area contributed by atoms with E-state index < -0.39 is 11.8 Å². The summed E-state index contributed by atoms with van der Waals surface area (Å²) in [6.07, 6.45) is 7.00. The van der Waals surface area contributed by atoms with Crippen molar-refractivity contribution in [3.8, 4) is 11.1 Å². The van der Waals surface area contributed by atoms with Crippen molar-refractivity contribution in [2.24, 2.45) is 7.05 Å². The largest absolute Gasteiger partial charge is 0.478 e. The lowest BCUT2D eigenvalue weighted by Crippen LogP contribution is -1.94.